The first-order chi connectivity index (χ1) is 13.3. The first-order valence-corrected chi connectivity index (χ1v) is 9.03. The molecule has 0 radical (unpaired) electrons. The van der Waals surface area contributed by atoms with Gasteiger partial charge in [-0.3, -0.25) is 14.7 Å². The molecule has 1 N–H and O–H groups in total. The molecule has 27 heavy (non-hydrogen) atoms. The average Bonchev–Trinajstić information content (AvgIpc) is 3.24. The third-order valence-electron chi connectivity index (χ3n) is 4.76. The number of pyridine rings is 1. The van der Waals surface area contributed by atoms with Crippen LogP contribution >= 0.6 is 0 Å². The number of piperidine rings is 1. The van der Waals surface area contributed by atoms with E-state index >= 15 is 0 Å². The summed E-state index contributed by atoms with van der Waals surface area (Å²) in [5.74, 6) is 0.0422. The molecule has 0 aliphatic carbocycles. The van der Waals surface area contributed by atoms with Crippen LogP contribution in [0.25, 0.3) is 5.69 Å². The standard InChI is InChI=1S/C19H21N7O/c27-19(22-17-4-1-5-18(11-17)26-14-21-23-24-26)16-3-2-10-25(13-16)12-15-6-8-20-9-7-15/h1,4-9,11,14,16H,2-3,10,12-13H2,(H,22,27)/t16-/m0/s1. The molecule has 1 aromatic carbocycles. The van der Waals surface area contributed by atoms with Crippen molar-refractivity contribution in [3.8, 4) is 5.69 Å². The summed E-state index contributed by atoms with van der Waals surface area (Å²) in [4.78, 5) is 19.2. The van der Waals surface area contributed by atoms with Gasteiger partial charge in [-0.25, -0.2) is 4.68 Å². The molecule has 0 saturated carbocycles. The Bertz CT molecular complexity index is 882. The molecule has 1 aliphatic heterocycles. The van der Waals surface area contributed by atoms with Gasteiger partial charge in [0.2, 0.25) is 5.91 Å². The van der Waals surface area contributed by atoms with Crippen molar-refractivity contribution in [1.82, 2.24) is 30.1 Å². The van der Waals surface area contributed by atoms with Gasteiger partial charge in [-0.15, -0.1) is 5.10 Å². The van der Waals surface area contributed by atoms with Gasteiger partial charge in [-0.05, 0) is 65.7 Å². The first kappa shape index (κ1) is 17.3. The van der Waals surface area contributed by atoms with Crippen molar-refractivity contribution in [3.63, 3.8) is 0 Å². The molecule has 3 aromatic rings. The zero-order chi connectivity index (χ0) is 18.5. The number of anilines is 1. The number of carbonyl (C=O) groups is 1. The number of carbonyl (C=O) groups excluding carboxylic acids is 1. The summed E-state index contributed by atoms with van der Waals surface area (Å²) in [6, 6.07) is 11.6. The van der Waals surface area contributed by atoms with Crippen LogP contribution < -0.4 is 5.32 Å². The van der Waals surface area contributed by atoms with E-state index in [1.807, 2.05) is 36.4 Å². The van der Waals surface area contributed by atoms with Crippen LogP contribution in [-0.2, 0) is 11.3 Å². The second kappa shape index (κ2) is 8.05. The first-order valence-electron chi connectivity index (χ1n) is 9.03. The molecule has 1 aliphatic rings. The van der Waals surface area contributed by atoms with E-state index in [0.717, 1.165) is 43.9 Å². The summed E-state index contributed by atoms with van der Waals surface area (Å²) < 4.78 is 1.56. The van der Waals surface area contributed by atoms with Crippen molar-refractivity contribution in [3.05, 3.63) is 60.7 Å². The maximum absolute atomic E-state index is 12.8. The van der Waals surface area contributed by atoms with Gasteiger partial charge >= 0.3 is 0 Å². The molecule has 8 nitrogen and oxygen atoms in total. The Morgan fingerprint density at radius 1 is 1.22 bits per heavy atom. The summed E-state index contributed by atoms with van der Waals surface area (Å²) in [6.45, 7) is 2.63. The molecule has 8 heteroatoms. The molecule has 1 atom stereocenters. The van der Waals surface area contributed by atoms with Gasteiger partial charge in [-0.1, -0.05) is 6.07 Å². The van der Waals surface area contributed by atoms with Gasteiger partial charge in [0, 0.05) is 31.2 Å². The summed E-state index contributed by atoms with van der Waals surface area (Å²) in [5.41, 5.74) is 2.78. The summed E-state index contributed by atoms with van der Waals surface area (Å²) in [6.07, 6.45) is 7.07. The summed E-state index contributed by atoms with van der Waals surface area (Å²) in [7, 11) is 0. The predicted molar refractivity (Wildman–Crippen MR) is 100 cm³/mol. The second-order valence-corrected chi connectivity index (χ2v) is 6.72. The Morgan fingerprint density at radius 2 is 2.11 bits per heavy atom. The van der Waals surface area contributed by atoms with Crippen LogP contribution in [0.15, 0.2) is 55.1 Å². The average molecular weight is 363 g/mol. The Hall–Kier alpha value is -3.13. The number of likely N-dealkylation sites (tertiary alicyclic amines) is 1. The van der Waals surface area contributed by atoms with E-state index in [1.54, 1.807) is 17.1 Å². The minimum absolute atomic E-state index is 0.0164. The van der Waals surface area contributed by atoms with Crippen molar-refractivity contribution in [2.45, 2.75) is 19.4 Å². The topological polar surface area (TPSA) is 88.8 Å². The Balaban J connectivity index is 1.38. The van der Waals surface area contributed by atoms with Gasteiger partial charge in [0.1, 0.15) is 6.33 Å². The van der Waals surface area contributed by atoms with Gasteiger partial charge in [-0.2, -0.15) is 0 Å². The van der Waals surface area contributed by atoms with Gasteiger partial charge < -0.3 is 5.32 Å². The molecule has 2 aromatic heterocycles. The van der Waals surface area contributed by atoms with Gasteiger partial charge in [0.15, 0.2) is 0 Å². The molecule has 1 saturated heterocycles. The number of tetrazole rings is 1. The van der Waals surface area contributed by atoms with E-state index in [9.17, 15) is 4.79 Å². The lowest BCUT2D eigenvalue weighted by atomic mass is 9.96. The van der Waals surface area contributed by atoms with Gasteiger partial charge in [0.05, 0.1) is 11.6 Å². The zero-order valence-electron chi connectivity index (χ0n) is 14.9. The Labute approximate surface area is 157 Å². The quantitative estimate of drug-likeness (QED) is 0.745. The third-order valence-corrected chi connectivity index (χ3v) is 4.76. The highest BCUT2D eigenvalue weighted by atomic mass is 16.1. The summed E-state index contributed by atoms with van der Waals surface area (Å²) >= 11 is 0. The van der Waals surface area contributed by atoms with E-state index in [-0.39, 0.29) is 11.8 Å². The van der Waals surface area contributed by atoms with E-state index in [4.69, 9.17) is 0 Å². The minimum atomic E-state index is -0.0164. The van der Waals surface area contributed by atoms with Crippen molar-refractivity contribution < 1.29 is 4.79 Å². The van der Waals surface area contributed by atoms with Crippen LogP contribution in [0.5, 0.6) is 0 Å². The zero-order valence-corrected chi connectivity index (χ0v) is 14.9. The number of rotatable bonds is 5. The largest absolute Gasteiger partial charge is 0.326 e. The number of benzene rings is 1. The number of hydrogen-bond acceptors (Lipinski definition) is 6. The number of hydrogen-bond donors (Lipinski definition) is 1. The van der Waals surface area contributed by atoms with Crippen molar-refractivity contribution in [1.29, 1.82) is 0 Å². The second-order valence-electron chi connectivity index (χ2n) is 6.72. The molecule has 0 unspecified atom stereocenters. The maximum Gasteiger partial charge on any atom is 0.228 e. The normalized spacial score (nSPS) is 17.6. The molecular formula is C19H21N7O. The maximum atomic E-state index is 12.8. The SMILES string of the molecule is O=C(Nc1cccc(-n2cnnn2)c1)[C@H]1CCCN(Cc2ccncc2)C1. The van der Waals surface area contributed by atoms with Crippen LogP contribution in [0.3, 0.4) is 0 Å². The molecule has 138 valence electrons. The van der Waals surface area contributed by atoms with Crippen molar-refractivity contribution in [2.24, 2.45) is 5.92 Å². The minimum Gasteiger partial charge on any atom is -0.326 e. The van der Waals surface area contributed by atoms with Crippen LogP contribution in [0.1, 0.15) is 18.4 Å². The number of amides is 1. The molecule has 4 rings (SSSR count). The van der Waals surface area contributed by atoms with E-state index in [0.29, 0.717) is 0 Å². The highest BCUT2D eigenvalue weighted by Gasteiger charge is 2.26. The summed E-state index contributed by atoms with van der Waals surface area (Å²) in [5, 5.41) is 14.2. The smallest absolute Gasteiger partial charge is 0.228 e. The highest BCUT2D eigenvalue weighted by molar-refractivity contribution is 5.93. The fourth-order valence-corrected chi connectivity index (χ4v) is 3.41. The van der Waals surface area contributed by atoms with Crippen molar-refractivity contribution in [2.75, 3.05) is 18.4 Å². The van der Waals surface area contributed by atoms with Crippen LogP contribution in [-0.4, -0.2) is 49.1 Å². The van der Waals surface area contributed by atoms with E-state index in [1.165, 1.54) is 11.9 Å². The van der Waals surface area contributed by atoms with Crippen molar-refractivity contribution >= 4 is 11.6 Å². The highest BCUT2D eigenvalue weighted by Crippen LogP contribution is 2.21. The predicted octanol–water partition coefficient (Wildman–Crippen LogP) is 1.91. The lowest BCUT2D eigenvalue weighted by molar-refractivity contribution is -0.121. The lowest BCUT2D eigenvalue weighted by Crippen LogP contribution is -2.40. The fourth-order valence-electron chi connectivity index (χ4n) is 3.41. The van der Waals surface area contributed by atoms with E-state index in [2.05, 4.69) is 30.7 Å². The third kappa shape index (κ3) is 4.35. The lowest BCUT2D eigenvalue weighted by Gasteiger charge is -2.32. The number of nitrogens with zero attached hydrogens (tertiary/aromatic N) is 6. The number of aromatic nitrogens is 5. The van der Waals surface area contributed by atoms with E-state index < -0.39 is 0 Å². The molecule has 3 heterocycles. The fraction of sp³-hybridized carbons (Fsp3) is 0.316. The van der Waals surface area contributed by atoms with Crippen LogP contribution in [0.2, 0.25) is 0 Å². The molecule has 1 amide bonds. The van der Waals surface area contributed by atoms with Crippen LogP contribution in [0.4, 0.5) is 5.69 Å². The van der Waals surface area contributed by atoms with Crippen LogP contribution in [0, 0.1) is 5.92 Å². The Kier molecular flexibility index (Phi) is 5.15. The molecule has 0 bridgehead atoms. The monoisotopic (exact) mass is 363 g/mol. The Morgan fingerprint density at radius 3 is 2.93 bits per heavy atom. The van der Waals surface area contributed by atoms with Gasteiger partial charge in [0.25, 0.3) is 0 Å². The molecule has 0 spiro atoms. The molecular weight excluding hydrogens is 342 g/mol. The number of nitrogens with one attached hydrogen (secondary N) is 1. The molecule has 1 fully saturated rings.